The van der Waals surface area contributed by atoms with Crippen molar-refractivity contribution in [3.05, 3.63) is 60.4 Å². The Kier molecular flexibility index (Phi) is 7.80. The molecule has 0 aromatic heterocycles. The van der Waals surface area contributed by atoms with Crippen LogP contribution in [-0.4, -0.2) is 39.8 Å². The molecule has 8 heteroatoms. The molecule has 0 aliphatic rings. The van der Waals surface area contributed by atoms with Crippen LogP contribution in [0.15, 0.2) is 54.6 Å². The molecular formula is C20H25FN2O4S. The third-order valence-corrected chi connectivity index (χ3v) is 5.12. The van der Waals surface area contributed by atoms with Gasteiger partial charge < -0.3 is 10.1 Å². The van der Waals surface area contributed by atoms with Crippen molar-refractivity contribution in [1.82, 2.24) is 5.32 Å². The molecule has 1 unspecified atom stereocenters. The summed E-state index contributed by atoms with van der Waals surface area (Å²) in [4.78, 5) is 12.1. The highest BCUT2D eigenvalue weighted by atomic mass is 32.2. The highest BCUT2D eigenvalue weighted by Gasteiger charge is 2.20. The molecule has 2 rings (SSSR count). The molecule has 0 saturated heterocycles. The van der Waals surface area contributed by atoms with Gasteiger partial charge in [0.15, 0.2) is 0 Å². The topological polar surface area (TPSA) is 75.7 Å². The van der Waals surface area contributed by atoms with Gasteiger partial charge in [0.05, 0.1) is 18.0 Å². The Morgan fingerprint density at radius 1 is 1.14 bits per heavy atom. The minimum atomic E-state index is -3.66. The standard InChI is InChI=1S/C20H25FN2O4S/c1-16(15-27-17-9-4-3-5-10-17)22-20(24)13-8-14-23(28(2,25)26)19-12-7-6-11-18(19)21/h3-7,9-12,16H,8,13-15H2,1-2H3,(H,22,24). The van der Waals surface area contributed by atoms with E-state index in [0.29, 0.717) is 6.61 Å². The van der Waals surface area contributed by atoms with Gasteiger partial charge in [0.2, 0.25) is 15.9 Å². The molecule has 0 aliphatic carbocycles. The summed E-state index contributed by atoms with van der Waals surface area (Å²) < 4.78 is 44.5. The van der Waals surface area contributed by atoms with Crippen molar-refractivity contribution >= 4 is 21.6 Å². The van der Waals surface area contributed by atoms with Gasteiger partial charge >= 0.3 is 0 Å². The summed E-state index contributed by atoms with van der Waals surface area (Å²) in [5.41, 5.74) is -0.0185. The van der Waals surface area contributed by atoms with E-state index < -0.39 is 15.8 Å². The first-order chi connectivity index (χ1) is 13.3. The van der Waals surface area contributed by atoms with Gasteiger partial charge in [-0.1, -0.05) is 30.3 Å². The molecule has 0 saturated carbocycles. The molecule has 2 aromatic rings. The van der Waals surface area contributed by atoms with Crippen molar-refractivity contribution in [1.29, 1.82) is 0 Å². The molecular weight excluding hydrogens is 383 g/mol. The number of ether oxygens (including phenoxy) is 1. The maximum Gasteiger partial charge on any atom is 0.232 e. The largest absolute Gasteiger partial charge is 0.491 e. The molecule has 0 aliphatic heterocycles. The Morgan fingerprint density at radius 3 is 2.43 bits per heavy atom. The van der Waals surface area contributed by atoms with Gasteiger partial charge in [-0.05, 0) is 37.6 Å². The van der Waals surface area contributed by atoms with Crippen LogP contribution < -0.4 is 14.4 Å². The number of nitrogens with zero attached hydrogens (tertiary/aromatic N) is 1. The molecule has 0 radical (unpaired) electrons. The normalized spacial score (nSPS) is 12.2. The quantitative estimate of drug-likeness (QED) is 0.656. The summed E-state index contributed by atoms with van der Waals surface area (Å²) >= 11 is 0. The first-order valence-electron chi connectivity index (χ1n) is 8.97. The zero-order chi connectivity index (χ0) is 20.6. The summed E-state index contributed by atoms with van der Waals surface area (Å²) in [5, 5.41) is 2.81. The summed E-state index contributed by atoms with van der Waals surface area (Å²) in [6.07, 6.45) is 1.40. The molecule has 0 bridgehead atoms. The van der Waals surface area contributed by atoms with Crippen LogP contribution in [0.1, 0.15) is 19.8 Å². The third kappa shape index (κ3) is 6.84. The van der Waals surface area contributed by atoms with Crippen LogP contribution in [0, 0.1) is 5.82 Å². The average molecular weight is 408 g/mol. The van der Waals surface area contributed by atoms with E-state index in [1.165, 1.54) is 18.2 Å². The number of rotatable bonds is 10. The van der Waals surface area contributed by atoms with Crippen LogP contribution in [0.5, 0.6) is 5.75 Å². The lowest BCUT2D eigenvalue weighted by Gasteiger charge is -2.23. The number of hydrogen-bond acceptors (Lipinski definition) is 4. The number of amides is 1. The molecule has 0 fully saturated rings. The van der Waals surface area contributed by atoms with Crippen molar-refractivity contribution in [3.63, 3.8) is 0 Å². The van der Waals surface area contributed by atoms with Crippen LogP contribution in [0.25, 0.3) is 0 Å². The summed E-state index contributed by atoms with van der Waals surface area (Å²) in [6, 6.07) is 14.7. The predicted molar refractivity (Wildman–Crippen MR) is 107 cm³/mol. The SMILES string of the molecule is CC(COc1ccccc1)NC(=O)CCCN(c1ccccc1F)S(C)(=O)=O. The second-order valence-electron chi connectivity index (χ2n) is 6.48. The van der Waals surface area contributed by atoms with Gasteiger partial charge in [-0.2, -0.15) is 0 Å². The number of carbonyl (C=O) groups is 1. The second-order valence-corrected chi connectivity index (χ2v) is 8.39. The number of anilines is 1. The fraction of sp³-hybridized carbons (Fsp3) is 0.350. The monoisotopic (exact) mass is 408 g/mol. The van der Waals surface area contributed by atoms with E-state index in [0.717, 1.165) is 16.3 Å². The van der Waals surface area contributed by atoms with Gasteiger partial charge in [0.25, 0.3) is 0 Å². The minimum absolute atomic E-state index is 0.0160. The van der Waals surface area contributed by atoms with E-state index in [9.17, 15) is 17.6 Å². The smallest absolute Gasteiger partial charge is 0.232 e. The highest BCUT2D eigenvalue weighted by Crippen LogP contribution is 2.21. The van der Waals surface area contributed by atoms with Crippen LogP contribution in [0.4, 0.5) is 10.1 Å². The van der Waals surface area contributed by atoms with Crippen molar-refractivity contribution < 1.29 is 22.3 Å². The van der Waals surface area contributed by atoms with E-state index >= 15 is 0 Å². The highest BCUT2D eigenvalue weighted by molar-refractivity contribution is 7.92. The van der Waals surface area contributed by atoms with Gasteiger partial charge in [-0.3, -0.25) is 9.10 Å². The molecule has 0 heterocycles. The first kappa shape index (κ1) is 21.7. The van der Waals surface area contributed by atoms with Gasteiger partial charge in [-0.25, -0.2) is 12.8 Å². The molecule has 6 nitrogen and oxygen atoms in total. The van der Waals surface area contributed by atoms with E-state index in [-0.39, 0.29) is 37.0 Å². The van der Waals surface area contributed by atoms with E-state index in [2.05, 4.69) is 5.32 Å². The van der Waals surface area contributed by atoms with Crippen LogP contribution in [0.2, 0.25) is 0 Å². The molecule has 2 aromatic carbocycles. The lowest BCUT2D eigenvalue weighted by atomic mass is 10.2. The second kappa shape index (κ2) is 10.1. The molecule has 28 heavy (non-hydrogen) atoms. The number of halogens is 1. The van der Waals surface area contributed by atoms with Crippen LogP contribution in [-0.2, 0) is 14.8 Å². The van der Waals surface area contributed by atoms with Crippen molar-refractivity contribution in [3.8, 4) is 5.75 Å². The van der Waals surface area contributed by atoms with Crippen LogP contribution >= 0.6 is 0 Å². The summed E-state index contributed by atoms with van der Waals surface area (Å²) in [6.45, 7) is 2.16. The number of carbonyl (C=O) groups excluding carboxylic acids is 1. The Morgan fingerprint density at radius 2 is 1.79 bits per heavy atom. The van der Waals surface area contributed by atoms with Gasteiger partial charge in [0.1, 0.15) is 18.2 Å². The fourth-order valence-corrected chi connectivity index (χ4v) is 3.59. The number of para-hydroxylation sites is 2. The van der Waals surface area contributed by atoms with Gasteiger partial charge in [0, 0.05) is 13.0 Å². The Hall–Kier alpha value is -2.61. The molecule has 152 valence electrons. The zero-order valence-corrected chi connectivity index (χ0v) is 16.8. The zero-order valence-electron chi connectivity index (χ0n) is 16.0. The van der Waals surface area contributed by atoms with E-state index in [1.807, 2.05) is 37.3 Å². The maximum atomic E-state index is 14.0. The Labute approximate surface area is 165 Å². The molecule has 1 atom stereocenters. The first-order valence-corrected chi connectivity index (χ1v) is 10.8. The van der Waals surface area contributed by atoms with Crippen molar-refractivity contribution in [2.75, 3.05) is 23.7 Å². The average Bonchev–Trinajstić information content (AvgIpc) is 2.64. The molecule has 1 amide bonds. The number of benzene rings is 2. The minimum Gasteiger partial charge on any atom is -0.491 e. The Balaban J connectivity index is 1.81. The summed E-state index contributed by atoms with van der Waals surface area (Å²) in [5.74, 6) is -0.118. The third-order valence-electron chi connectivity index (χ3n) is 3.94. The fourth-order valence-electron chi connectivity index (χ4n) is 2.63. The van der Waals surface area contributed by atoms with E-state index in [4.69, 9.17) is 4.74 Å². The Bertz CT molecular complexity index is 875. The lowest BCUT2D eigenvalue weighted by Crippen LogP contribution is -2.37. The van der Waals surface area contributed by atoms with Crippen molar-refractivity contribution in [2.45, 2.75) is 25.8 Å². The van der Waals surface area contributed by atoms with E-state index in [1.54, 1.807) is 6.07 Å². The number of sulfonamides is 1. The van der Waals surface area contributed by atoms with Gasteiger partial charge in [-0.15, -0.1) is 0 Å². The number of hydrogen-bond donors (Lipinski definition) is 1. The lowest BCUT2D eigenvalue weighted by molar-refractivity contribution is -0.121. The predicted octanol–water partition coefficient (Wildman–Crippen LogP) is 2.96. The number of nitrogens with one attached hydrogen (secondary N) is 1. The maximum absolute atomic E-state index is 14.0. The molecule has 1 N–H and O–H groups in total. The molecule has 0 spiro atoms. The van der Waals surface area contributed by atoms with Crippen LogP contribution in [0.3, 0.4) is 0 Å². The summed E-state index contributed by atoms with van der Waals surface area (Å²) in [7, 11) is -3.66. The van der Waals surface area contributed by atoms with Crippen molar-refractivity contribution in [2.24, 2.45) is 0 Å².